The average Bonchev–Trinajstić information content (AvgIpc) is 2.38. The molecule has 0 aromatic carbocycles. The lowest BCUT2D eigenvalue weighted by Gasteiger charge is -2.32. The summed E-state index contributed by atoms with van der Waals surface area (Å²) >= 11 is 0. The van der Waals surface area contributed by atoms with Crippen LogP contribution in [-0.4, -0.2) is 16.1 Å². The van der Waals surface area contributed by atoms with Crippen molar-refractivity contribution >= 4 is 5.82 Å². The van der Waals surface area contributed by atoms with Crippen LogP contribution in [0.3, 0.4) is 0 Å². The standard InChI is InChI=1S/C17H29N3O/c1-10-7-8-13(9-11(10)2)21-15-12(3)14(18)19-16(20-15)17(4,5)6/h10-11,13H,7-9H2,1-6H3,(H2,18,19,20). The molecule has 0 radical (unpaired) electrons. The Morgan fingerprint density at radius 2 is 1.76 bits per heavy atom. The zero-order valence-electron chi connectivity index (χ0n) is 14.2. The summed E-state index contributed by atoms with van der Waals surface area (Å²) in [7, 11) is 0. The number of hydrogen-bond acceptors (Lipinski definition) is 4. The fourth-order valence-electron chi connectivity index (χ4n) is 2.73. The highest BCUT2D eigenvalue weighted by Crippen LogP contribution is 2.33. The number of nitrogen functional groups attached to an aromatic ring is 1. The third-order valence-electron chi connectivity index (χ3n) is 4.64. The van der Waals surface area contributed by atoms with Crippen LogP contribution in [0.15, 0.2) is 0 Å². The van der Waals surface area contributed by atoms with Gasteiger partial charge in [-0.15, -0.1) is 0 Å². The van der Waals surface area contributed by atoms with Gasteiger partial charge in [0.1, 0.15) is 17.7 Å². The first-order chi connectivity index (χ1) is 9.68. The van der Waals surface area contributed by atoms with Crippen LogP contribution in [0, 0.1) is 18.8 Å². The van der Waals surface area contributed by atoms with Gasteiger partial charge >= 0.3 is 0 Å². The molecule has 0 aliphatic heterocycles. The fourth-order valence-corrected chi connectivity index (χ4v) is 2.73. The summed E-state index contributed by atoms with van der Waals surface area (Å²) in [5.74, 6) is 3.43. The number of nitrogens with two attached hydrogens (primary N) is 1. The number of nitrogens with zero attached hydrogens (tertiary/aromatic N) is 2. The lowest BCUT2D eigenvalue weighted by Crippen LogP contribution is -2.30. The van der Waals surface area contributed by atoms with E-state index in [0.717, 1.165) is 30.1 Å². The van der Waals surface area contributed by atoms with E-state index in [1.165, 1.54) is 6.42 Å². The summed E-state index contributed by atoms with van der Waals surface area (Å²) in [5, 5.41) is 0. The Hall–Kier alpha value is -1.32. The van der Waals surface area contributed by atoms with Crippen molar-refractivity contribution in [2.45, 2.75) is 72.3 Å². The van der Waals surface area contributed by atoms with E-state index in [9.17, 15) is 0 Å². The highest BCUT2D eigenvalue weighted by atomic mass is 16.5. The Labute approximate surface area is 128 Å². The van der Waals surface area contributed by atoms with Crippen molar-refractivity contribution in [2.75, 3.05) is 5.73 Å². The fraction of sp³-hybridized carbons (Fsp3) is 0.765. The van der Waals surface area contributed by atoms with Crippen molar-refractivity contribution in [3.63, 3.8) is 0 Å². The Morgan fingerprint density at radius 3 is 2.33 bits per heavy atom. The summed E-state index contributed by atoms with van der Waals surface area (Å²) < 4.78 is 6.19. The molecular formula is C17H29N3O. The molecule has 0 bridgehead atoms. The van der Waals surface area contributed by atoms with E-state index in [1.807, 2.05) is 6.92 Å². The topological polar surface area (TPSA) is 61.0 Å². The Morgan fingerprint density at radius 1 is 1.10 bits per heavy atom. The number of aromatic nitrogens is 2. The smallest absolute Gasteiger partial charge is 0.222 e. The zero-order valence-corrected chi connectivity index (χ0v) is 14.2. The van der Waals surface area contributed by atoms with Gasteiger partial charge in [0.05, 0.1) is 5.56 Å². The molecule has 0 saturated heterocycles. The minimum Gasteiger partial charge on any atom is -0.474 e. The molecule has 1 aromatic rings. The quantitative estimate of drug-likeness (QED) is 0.898. The summed E-state index contributed by atoms with van der Waals surface area (Å²) in [4.78, 5) is 9.04. The highest BCUT2D eigenvalue weighted by molar-refractivity contribution is 5.45. The number of rotatable bonds is 2. The maximum Gasteiger partial charge on any atom is 0.222 e. The van der Waals surface area contributed by atoms with Crippen LogP contribution in [0.4, 0.5) is 5.82 Å². The van der Waals surface area contributed by atoms with Crippen LogP contribution < -0.4 is 10.5 Å². The second kappa shape index (κ2) is 5.82. The molecule has 1 aliphatic rings. The SMILES string of the molecule is Cc1c(N)nc(C(C)(C)C)nc1OC1CCC(C)C(C)C1. The van der Waals surface area contributed by atoms with Gasteiger partial charge in [0.25, 0.3) is 0 Å². The summed E-state index contributed by atoms with van der Waals surface area (Å²) in [6.07, 6.45) is 3.66. The third kappa shape index (κ3) is 3.66. The summed E-state index contributed by atoms with van der Waals surface area (Å²) in [5.41, 5.74) is 6.77. The van der Waals surface area contributed by atoms with Crippen molar-refractivity contribution in [2.24, 2.45) is 11.8 Å². The molecule has 3 atom stereocenters. The first kappa shape index (κ1) is 16.1. The van der Waals surface area contributed by atoms with Crippen molar-refractivity contribution in [3.05, 3.63) is 11.4 Å². The van der Waals surface area contributed by atoms with Crippen molar-refractivity contribution in [3.8, 4) is 5.88 Å². The van der Waals surface area contributed by atoms with Crippen LogP contribution in [0.25, 0.3) is 0 Å². The number of hydrogen-bond donors (Lipinski definition) is 1. The molecular weight excluding hydrogens is 262 g/mol. The molecule has 118 valence electrons. The van der Waals surface area contributed by atoms with Crippen LogP contribution in [0.5, 0.6) is 5.88 Å². The van der Waals surface area contributed by atoms with Gasteiger partial charge in [0.2, 0.25) is 5.88 Å². The Bertz CT molecular complexity index is 507. The van der Waals surface area contributed by atoms with Crippen LogP contribution >= 0.6 is 0 Å². The summed E-state index contributed by atoms with van der Waals surface area (Å²) in [6.45, 7) is 12.8. The van der Waals surface area contributed by atoms with Gasteiger partial charge in [-0.1, -0.05) is 34.6 Å². The second-order valence-corrected chi connectivity index (χ2v) is 7.62. The Kier molecular flexibility index (Phi) is 4.45. The monoisotopic (exact) mass is 291 g/mol. The lowest BCUT2D eigenvalue weighted by molar-refractivity contribution is 0.0952. The largest absolute Gasteiger partial charge is 0.474 e. The van der Waals surface area contributed by atoms with Crippen molar-refractivity contribution < 1.29 is 4.74 Å². The molecule has 0 spiro atoms. The molecule has 1 aromatic heterocycles. The van der Waals surface area contributed by atoms with Crippen molar-refractivity contribution in [1.82, 2.24) is 9.97 Å². The average molecular weight is 291 g/mol. The molecule has 1 heterocycles. The number of ether oxygens (including phenoxy) is 1. The lowest BCUT2D eigenvalue weighted by atomic mass is 9.80. The molecule has 4 heteroatoms. The van der Waals surface area contributed by atoms with E-state index < -0.39 is 0 Å². The van der Waals surface area contributed by atoms with E-state index in [0.29, 0.717) is 17.6 Å². The van der Waals surface area contributed by atoms with Gasteiger partial charge in [-0.2, -0.15) is 4.98 Å². The molecule has 2 rings (SSSR count). The van der Waals surface area contributed by atoms with Gasteiger partial charge in [-0.25, -0.2) is 4.98 Å². The zero-order chi connectivity index (χ0) is 15.8. The molecule has 21 heavy (non-hydrogen) atoms. The third-order valence-corrected chi connectivity index (χ3v) is 4.64. The summed E-state index contributed by atoms with van der Waals surface area (Å²) in [6, 6.07) is 0. The van der Waals surface area contributed by atoms with E-state index >= 15 is 0 Å². The van der Waals surface area contributed by atoms with Gasteiger partial charge in [-0.05, 0) is 38.0 Å². The van der Waals surface area contributed by atoms with Crippen molar-refractivity contribution in [1.29, 1.82) is 0 Å². The van der Waals surface area contributed by atoms with Gasteiger partial charge in [0, 0.05) is 5.41 Å². The van der Waals surface area contributed by atoms with Crippen LogP contribution in [0.2, 0.25) is 0 Å². The maximum atomic E-state index is 6.19. The van der Waals surface area contributed by atoms with Gasteiger partial charge < -0.3 is 10.5 Å². The van der Waals surface area contributed by atoms with E-state index in [-0.39, 0.29) is 11.5 Å². The minimum atomic E-state index is -0.131. The maximum absolute atomic E-state index is 6.19. The molecule has 1 aliphatic carbocycles. The number of anilines is 1. The molecule has 4 nitrogen and oxygen atoms in total. The van der Waals surface area contributed by atoms with E-state index in [1.54, 1.807) is 0 Å². The van der Waals surface area contributed by atoms with Gasteiger partial charge in [0.15, 0.2) is 0 Å². The molecule has 2 N–H and O–H groups in total. The second-order valence-electron chi connectivity index (χ2n) is 7.62. The first-order valence-electron chi connectivity index (χ1n) is 7.99. The van der Waals surface area contributed by atoms with Crippen LogP contribution in [-0.2, 0) is 5.41 Å². The minimum absolute atomic E-state index is 0.131. The molecule has 1 saturated carbocycles. The predicted molar refractivity (Wildman–Crippen MR) is 86.5 cm³/mol. The predicted octanol–water partition coefficient (Wildman–Crippen LogP) is 3.87. The van der Waals surface area contributed by atoms with E-state index in [2.05, 4.69) is 44.6 Å². The molecule has 1 fully saturated rings. The van der Waals surface area contributed by atoms with Gasteiger partial charge in [-0.3, -0.25) is 0 Å². The molecule has 0 amide bonds. The first-order valence-corrected chi connectivity index (χ1v) is 7.99. The molecule has 3 unspecified atom stereocenters. The Balaban J connectivity index is 2.21. The normalized spacial score (nSPS) is 26.7. The highest BCUT2D eigenvalue weighted by Gasteiger charge is 2.28. The van der Waals surface area contributed by atoms with Crippen LogP contribution in [0.1, 0.15) is 65.3 Å². The van der Waals surface area contributed by atoms with E-state index in [4.69, 9.17) is 10.5 Å².